The number of hydrogen-bond acceptors (Lipinski definition) is 6. The van der Waals surface area contributed by atoms with Gasteiger partial charge >= 0.3 is 0 Å². The van der Waals surface area contributed by atoms with Crippen LogP contribution in [0.1, 0.15) is 17.0 Å². The first kappa shape index (κ1) is 32.3. The van der Waals surface area contributed by atoms with E-state index in [4.69, 9.17) is 29.7 Å². The molecule has 6 nitrogen and oxygen atoms in total. The van der Waals surface area contributed by atoms with E-state index in [0.29, 0.717) is 23.3 Å². The molecule has 2 aromatic heterocycles. The quantitative estimate of drug-likeness (QED) is 0.164. The minimum atomic E-state index is -0.160. The molecule has 2 aliphatic rings. The normalized spacial score (nSPS) is 15.5. The third-order valence-corrected chi connectivity index (χ3v) is 10.2. The van der Waals surface area contributed by atoms with Crippen LogP contribution < -0.4 is 4.74 Å². The van der Waals surface area contributed by atoms with Crippen molar-refractivity contribution in [1.82, 2.24) is 24.9 Å². The SMILES string of the molecule is C1=CC2Oc3c(-c4nc(-c5ccccc5)cc(-c5ccccc5)n4)cccc3C2C(c2ccc(-c3nc(-c4ccccc4)nc(-c4ccccc4)n3)cc2)=C1. The van der Waals surface area contributed by atoms with Gasteiger partial charge < -0.3 is 4.74 Å². The van der Waals surface area contributed by atoms with Crippen LogP contribution in [0.15, 0.2) is 188 Å². The van der Waals surface area contributed by atoms with E-state index in [9.17, 15) is 0 Å². The number of ether oxygens (including phenoxy) is 1. The second-order valence-corrected chi connectivity index (χ2v) is 13.6. The van der Waals surface area contributed by atoms with Gasteiger partial charge in [0.25, 0.3) is 0 Å². The number of allylic oxidation sites excluding steroid dienone is 2. The van der Waals surface area contributed by atoms with Gasteiger partial charge in [-0.15, -0.1) is 0 Å². The summed E-state index contributed by atoms with van der Waals surface area (Å²) in [5.41, 5.74) is 10.9. The molecule has 6 heteroatoms. The molecule has 0 N–H and O–H groups in total. The second-order valence-electron chi connectivity index (χ2n) is 13.6. The first-order valence-electron chi connectivity index (χ1n) is 18.4. The van der Waals surface area contributed by atoms with E-state index in [1.54, 1.807) is 0 Å². The summed E-state index contributed by atoms with van der Waals surface area (Å²) in [5, 5.41) is 0. The van der Waals surface area contributed by atoms with Crippen LogP contribution in [0.2, 0.25) is 0 Å². The molecule has 3 heterocycles. The third-order valence-electron chi connectivity index (χ3n) is 10.2. The summed E-state index contributed by atoms with van der Waals surface area (Å²) >= 11 is 0. The third kappa shape index (κ3) is 6.19. The van der Waals surface area contributed by atoms with Gasteiger partial charge in [-0.05, 0) is 29.3 Å². The highest BCUT2D eigenvalue weighted by Gasteiger charge is 2.39. The molecule has 10 rings (SSSR count). The average molecular weight is 708 g/mol. The summed E-state index contributed by atoms with van der Waals surface area (Å²) in [6, 6.07) is 57.5. The van der Waals surface area contributed by atoms with Crippen LogP contribution in [0.3, 0.4) is 0 Å². The van der Waals surface area contributed by atoms with Gasteiger partial charge in [0.15, 0.2) is 23.3 Å². The lowest BCUT2D eigenvalue weighted by Crippen LogP contribution is -2.19. The lowest BCUT2D eigenvalue weighted by atomic mass is 9.81. The number of fused-ring (bicyclic) bond motifs is 3. The molecule has 2 atom stereocenters. The van der Waals surface area contributed by atoms with Gasteiger partial charge in [-0.1, -0.05) is 170 Å². The van der Waals surface area contributed by atoms with E-state index in [0.717, 1.165) is 61.6 Å². The van der Waals surface area contributed by atoms with Crippen LogP contribution >= 0.6 is 0 Å². The van der Waals surface area contributed by atoms with Crippen LogP contribution in [0.5, 0.6) is 5.75 Å². The highest BCUT2D eigenvalue weighted by molar-refractivity contribution is 5.82. The summed E-state index contributed by atoms with van der Waals surface area (Å²) in [6.07, 6.45) is 6.28. The summed E-state index contributed by atoms with van der Waals surface area (Å²) in [4.78, 5) is 25.0. The topological polar surface area (TPSA) is 73.7 Å². The number of para-hydroxylation sites is 1. The maximum Gasteiger partial charge on any atom is 0.164 e. The molecule has 2 unspecified atom stereocenters. The first-order chi connectivity index (χ1) is 27.2. The van der Waals surface area contributed by atoms with Crippen LogP contribution in [-0.4, -0.2) is 31.0 Å². The molecule has 0 fully saturated rings. The Labute approximate surface area is 319 Å². The Kier molecular flexibility index (Phi) is 8.18. The van der Waals surface area contributed by atoms with Crippen molar-refractivity contribution in [2.75, 3.05) is 0 Å². The molecule has 260 valence electrons. The van der Waals surface area contributed by atoms with E-state index in [1.807, 2.05) is 97.1 Å². The molecule has 1 aliphatic heterocycles. The fraction of sp³-hybridized carbons (Fsp3) is 0.0408. The summed E-state index contributed by atoms with van der Waals surface area (Å²) in [7, 11) is 0. The zero-order valence-corrected chi connectivity index (χ0v) is 29.7. The van der Waals surface area contributed by atoms with Crippen LogP contribution in [0.25, 0.3) is 73.6 Å². The highest BCUT2D eigenvalue weighted by Crippen LogP contribution is 2.51. The van der Waals surface area contributed by atoms with Crippen molar-refractivity contribution in [1.29, 1.82) is 0 Å². The summed E-state index contributed by atoms with van der Waals surface area (Å²) < 4.78 is 6.81. The standard InChI is InChI=1S/C49H33N5O/c1-5-15-33(16-6-1)41-31-42(34-17-7-2-8-18-34)51-49(50-41)40-25-13-24-39-44-38(23-14-26-43(44)55-45(39)40)32-27-29-37(30-28-32)48-53-46(35-19-9-3-10-20-35)52-47(54-48)36-21-11-4-12-22-36/h1-31,43-44H. The van der Waals surface area contributed by atoms with Gasteiger partial charge in [0.05, 0.1) is 22.9 Å². The Morgan fingerprint density at radius 2 is 0.873 bits per heavy atom. The zero-order chi connectivity index (χ0) is 36.6. The molecule has 0 amide bonds. The van der Waals surface area contributed by atoms with Gasteiger partial charge in [-0.25, -0.2) is 24.9 Å². The molecule has 0 spiro atoms. The molecule has 6 aromatic carbocycles. The largest absolute Gasteiger partial charge is 0.484 e. The number of benzene rings is 6. The van der Waals surface area contributed by atoms with E-state index >= 15 is 0 Å². The molecule has 8 aromatic rings. The molecule has 0 saturated carbocycles. The lowest BCUT2D eigenvalue weighted by molar-refractivity contribution is 0.272. The summed E-state index contributed by atoms with van der Waals surface area (Å²) in [6.45, 7) is 0. The van der Waals surface area contributed by atoms with Crippen molar-refractivity contribution in [3.8, 4) is 73.8 Å². The Morgan fingerprint density at radius 1 is 0.400 bits per heavy atom. The van der Waals surface area contributed by atoms with Crippen molar-refractivity contribution in [3.63, 3.8) is 0 Å². The van der Waals surface area contributed by atoms with E-state index in [-0.39, 0.29) is 12.0 Å². The molecule has 55 heavy (non-hydrogen) atoms. The van der Waals surface area contributed by atoms with E-state index < -0.39 is 0 Å². The fourth-order valence-electron chi connectivity index (χ4n) is 7.46. The van der Waals surface area contributed by atoms with E-state index in [2.05, 4.69) is 91.0 Å². The molecular formula is C49H33N5O. The Bertz CT molecular complexity index is 2600. The first-order valence-corrected chi connectivity index (χ1v) is 18.4. The smallest absolute Gasteiger partial charge is 0.164 e. The predicted octanol–water partition coefficient (Wildman–Crippen LogP) is 11.2. The van der Waals surface area contributed by atoms with E-state index in [1.165, 1.54) is 5.57 Å². The summed E-state index contributed by atoms with van der Waals surface area (Å²) in [5.74, 6) is 3.37. The maximum absolute atomic E-state index is 6.81. The Morgan fingerprint density at radius 3 is 1.40 bits per heavy atom. The molecule has 0 bridgehead atoms. The molecule has 0 saturated heterocycles. The Balaban J connectivity index is 1.01. The van der Waals surface area contributed by atoms with Crippen LogP contribution in [-0.2, 0) is 0 Å². The average Bonchev–Trinajstić information content (AvgIpc) is 3.67. The van der Waals surface area contributed by atoms with Crippen LogP contribution in [0.4, 0.5) is 0 Å². The molecular weight excluding hydrogens is 675 g/mol. The van der Waals surface area contributed by atoms with Crippen molar-refractivity contribution in [3.05, 3.63) is 199 Å². The second kappa shape index (κ2) is 13.9. The lowest BCUT2D eigenvalue weighted by Gasteiger charge is -2.23. The zero-order valence-electron chi connectivity index (χ0n) is 29.7. The van der Waals surface area contributed by atoms with Crippen molar-refractivity contribution < 1.29 is 4.74 Å². The van der Waals surface area contributed by atoms with Gasteiger partial charge in [0, 0.05) is 33.4 Å². The van der Waals surface area contributed by atoms with Crippen molar-refractivity contribution in [2.24, 2.45) is 0 Å². The maximum atomic E-state index is 6.81. The minimum absolute atomic E-state index is 0.00300. The monoisotopic (exact) mass is 707 g/mol. The molecule has 1 aliphatic carbocycles. The van der Waals surface area contributed by atoms with Crippen molar-refractivity contribution >= 4 is 5.57 Å². The number of hydrogen-bond donors (Lipinski definition) is 0. The predicted molar refractivity (Wildman–Crippen MR) is 219 cm³/mol. The van der Waals surface area contributed by atoms with Gasteiger partial charge in [-0.3, -0.25) is 0 Å². The Hall–Kier alpha value is -7.31. The number of nitrogens with zero attached hydrogens (tertiary/aromatic N) is 5. The number of aromatic nitrogens is 5. The van der Waals surface area contributed by atoms with Gasteiger partial charge in [0.2, 0.25) is 0 Å². The highest BCUT2D eigenvalue weighted by atomic mass is 16.5. The molecule has 0 radical (unpaired) electrons. The minimum Gasteiger partial charge on any atom is -0.484 e. The van der Waals surface area contributed by atoms with Crippen molar-refractivity contribution in [2.45, 2.75) is 12.0 Å². The van der Waals surface area contributed by atoms with Crippen LogP contribution in [0, 0.1) is 0 Å². The van der Waals surface area contributed by atoms with Gasteiger partial charge in [-0.2, -0.15) is 0 Å². The fourth-order valence-corrected chi connectivity index (χ4v) is 7.46. The van der Waals surface area contributed by atoms with Gasteiger partial charge in [0.1, 0.15) is 11.9 Å². The number of rotatable bonds is 7.